The molecule has 29 heavy (non-hydrogen) atoms. The van der Waals surface area contributed by atoms with Gasteiger partial charge in [0.05, 0.1) is 18.3 Å². The first kappa shape index (κ1) is 19.7. The highest BCUT2D eigenvalue weighted by atomic mass is 19.1. The van der Waals surface area contributed by atoms with E-state index in [0.717, 1.165) is 6.07 Å². The maximum absolute atomic E-state index is 13.6. The van der Waals surface area contributed by atoms with Crippen LogP contribution >= 0.6 is 0 Å². The Kier molecular flexibility index (Phi) is 5.39. The van der Waals surface area contributed by atoms with Crippen molar-refractivity contribution in [3.05, 3.63) is 47.2 Å². The van der Waals surface area contributed by atoms with E-state index < -0.39 is 17.7 Å². The van der Waals surface area contributed by atoms with Gasteiger partial charge in [0.15, 0.2) is 5.75 Å². The maximum atomic E-state index is 13.6. The van der Waals surface area contributed by atoms with Crippen LogP contribution in [0.5, 0.6) is 5.75 Å². The normalized spacial score (nSPS) is 10.7. The van der Waals surface area contributed by atoms with Crippen molar-refractivity contribution >= 4 is 34.4 Å². The third-order valence-corrected chi connectivity index (χ3v) is 4.17. The van der Waals surface area contributed by atoms with Gasteiger partial charge in [-0.2, -0.15) is 0 Å². The number of nitrogens with zero attached hydrogens (tertiary/aromatic N) is 3. The number of anilines is 2. The Balaban J connectivity index is 1.95. The summed E-state index contributed by atoms with van der Waals surface area (Å²) in [5, 5.41) is 12.6. The summed E-state index contributed by atoms with van der Waals surface area (Å²) in [5.41, 5.74) is 11.4. The first-order valence-electron chi connectivity index (χ1n) is 8.37. The molecule has 0 saturated carbocycles. The van der Waals surface area contributed by atoms with Crippen LogP contribution in [0.15, 0.2) is 24.5 Å². The topological polar surface area (TPSA) is 166 Å². The number of nitrogen functional groups attached to an aromatic ring is 1. The number of carboxylic acid groups (broad SMARTS) is 1. The number of rotatable bonds is 7. The molecule has 10 nitrogen and oxygen atoms in total. The van der Waals surface area contributed by atoms with Crippen LogP contribution in [-0.2, 0) is 6.42 Å². The number of primary amides is 1. The van der Waals surface area contributed by atoms with Gasteiger partial charge in [0.2, 0.25) is 0 Å². The largest absolute Gasteiger partial charge is 0.494 e. The summed E-state index contributed by atoms with van der Waals surface area (Å²) in [4.78, 5) is 35.4. The summed E-state index contributed by atoms with van der Waals surface area (Å²) in [7, 11) is 1.31. The van der Waals surface area contributed by atoms with Crippen LogP contribution in [-0.4, -0.2) is 45.6 Å². The van der Waals surface area contributed by atoms with Crippen molar-refractivity contribution in [3.63, 3.8) is 0 Å². The van der Waals surface area contributed by atoms with Crippen LogP contribution < -0.4 is 21.5 Å². The number of pyridine rings is 1. The van der Waals surface area contributed by atoms with Crippen molar-refractivity contribution in [2.75, 3.05) is 24.7 Å². The summed E-state index contributed by atoms with van der Waals surface area (Å²) >= 11 is 0. The summed E-state index contributed by atoms with van der Waals surface area (Å²) in [6.07, 6.45) is 1.38. The maximum Gasteiger partial charge on any atom is 0.340 e. The second-order valence-corrected chi connectivity index (χ2v) is 5.96. The van der Waals surface area contributed by atoms with E-state index in [1.54, 1.807) is 0 Å². The van der Waals surface area contributed by atoms with Crippen LogP contribution in [0.2, 0.25) is 0 Å². The lowest BCUT2D eigenvalue weighted by molar-refractivity contribution is 0.0695. The fourth-order valence-electron chi connectivity index (χ4n) is 2.95. The Hall–Kier alpha value is -4.02. The highest BCUT2D eigenvalue weighted by Gasteiger charge is 2.22. The number of aromatic nitrogens is 3. The second kappa shape index (κ2) is 7.92. The summed E-state index contributed by atoms with van der Waals surface area (Å²) in [6.45, 7) is 0.200. The number of ether oxygens (including phenoxy) is 1. The van der Waals surface area contributed by atoms with E-state index in [9.17, 15) is 19.1 Å². The molecule has 0 atom stereocenters. The third kappa shape index (κ3) is 3.83. The fraction of sp³-hybridized carbons (Fsp3) is 0.167. The molecule has 0 radical (unpaired) electrons. The number of hydrogen-bond donors (Lipinski definition) is 4. The minimum atomic E-state index is -1.27. The zero-order valence-corrected chi connectivity index (χ0v) is 15.3. The first-order valence-corrected chi connectivity index (χ1v) is 8.37. The molecule has 2 aromatic heterocycles. The molecule has 2 heterocycles. The summed E-state index contributed by atoms with van der Waals surface area (Å²) < 4.78 is 18.9. The molecule has 150 valence electrons. The van der Waals surface area contributed by atoms with Crippen molar-refractivity contribution < 1.29 is 23.8 Å². The Labute approximate surface area is 163 Å². The average molecular weight is 400 g/mol. The van der Waals surface area contributed by atoms with Gasteiger partial charge < -0.3 is 26.6 Å². The van der Waals surface area contributed by atoms with Crippen molar-refractivity contribution in [1.29, 1.82) is 0 Å². The fourth-order valence-corrected chi connectivity index (χ4v) is 2.95. The quantitative estimate of drug-likeness (QED) is 0.456. The molecule has 3 aromatic rings. The van der Waals surface area contributed by atoms with Crippen LogP contribution in [0.4, 0.5) is 16.0 Å². The first-order chi connectivity index (χ1) is 13.8. The molecule has 3 rings (SSSR count). The zero-order chi connectivity index (χ0) is 21.1. The molecule has 0 aliphatic carbocycles. The number of amides is 1. The number of carboxylic acids is 1. The van der Waals surface area contributed by atoms with Gasteiger partial charge in [0, 0.05) is 18.4 Å². The molecule has 0 unspecified atom stereocenters. The number of hydrogen-bond acceptors (Lipinski definition) is 8. The molecule has 0 aliphatic heterocycles. The van der Waals surface area contributed by atoms with E-state index in [2.05, 4.69) is 20.3 Å². The number of methoxy groups -OCH3 is 1. The Morgan fingerprint density at radius 1 is 1.28 bits per heavy atom. The standard InChI is InChI=1S/C18H17FN6O4/c1-29-14-11(4-5-22-17-13(16(21)26)15(20)23-7-24-17)25-10-3-2-8(19)6-9(10)12(14)18(27)28/h2-3,6-7H,4-5H2,1H3,(H2,21,26)(H,27,28)(H3,20,22,23,24). The van der Waals surface area contributed by atoms with E-state index >= 15 is 0 Å². The number of benzene rings is 1. The zero-order valence-electron chi connectivity index (χ0n) is 15.3. The minimum absolute atomic E-state index is 0.0229. The highest BCUT2D eigenvalue weighted by molar-refractivity contribution is 6.05. The van der Waals surface area contributed by atoms with E-state index in [1.165, 1.54) is 25.6 Å². The summed E-state index contributed by atoms with van der Waals surface area (Å²) in [5.74, 6) is -2.54. The average Bonchev–Trinajstić information content (AvgIpc) is 2.66. The Bertz CT molecular complexity index is 1120. The number of carbonyl (C=O) groups is 2. The lowest BCUT2D eigenvalue weighted by Crippen LogP contribution is -2.20. The number of fused-ring (bicyclic) bond motifs is 1. The molecule has 0 saturated heterocycles. The van der Waals surface area contributed by atoms with Crippen molar-refractivity contribution in [2.45, 2.75) is 6.42 Å². The van der Waals surface area contributed by atoms with Gasteiger partial charge in [-0.25, -0.2) is 24.1 Å². The smallest absolute Gasteiger partial charge is 0.340 e. The molecule has 6 N–H and O–H groups in total. The molecule has 0 bridgehead atoms. The van der Waals surface area contributed by atoms with E-state index in [-0.39, 0.29) is 46.9 Å². The van der Waals surface area contributed by atoms with Gasteiger partial charge in [-0.05, 0) is 18.2 Å². The number of carbonyl (C=O) groups excluding carboxylic acids is 1. The van der Waals surface area contributed by atoms with Crippen LogP contribution in [0.3, 0.4) is 0 Å². The second-order valence-electron chi connectivity index (χ2n) is 5.96. The van der Waals surface area contributed by atoms with E-state index in [0.29, 0.717) is 11.2 Å². The van der Waals surface area contributed by atoms with Gasteiger partial charge >= 0.3 is 5.97 Å². The SMILES string of the molecule is COc1c(CCNc2ncnc(N)c2C(N)=O)nc2ccc(F)cc2c1C(=O)O. The third-order valence-electron chi connectivity index (χ3n) is 4.17. The van der Waals surface area contributed by atoms with Crippen LogP contribution in [0, 0.1) is 5.82 Å². The van der Waals surface area contributed by atoms with Crippen molar-refractivity contribution in [2.24, 2.45) is 5.73 Å². The van der Waals surface area contributed by atoms with Crippen LogP contribution in [0.25, 0.3) is 10.9 Å². The molecule has 11 heteroatoms. The molecule has 0 fully saturated rings. The monoisotopic (exact) mass is 400 g/mol. The Morgan fingerprint density at radius 3 is 2.69 bits per heavy atom. The molecule has 0 aliphatic rings. The number of aromatic carboxylic acids is 1. The molecule has 0 spiro atoms. The lowest BCUT2D eigenvalue weighted by Gasteiger charge is -2.15. The molecule has 1 aromatic carbocycles. The molecular weight excluding hydrogens is 383 g/mol. The van der Waals surface area contributed by atoms with Gasteiger partial charge in [-0.15, -0.1) is 0 Å². The number of nitrogens with one attached hydrogen (secondary N) is 1. The van der Waals surface area contributed by atoms with E-state index in [1.807, 2.05) is 0 Å². The van der Waals surface area contributed by atoms with E-state index in [4.69, 9.17) is 16.2 Å². The van der Waals surface area contributed by atoms with Crippen LogP contribution in [0.1, 0.15) is 26.4 Å². The highest BCUT2D eigenvalue weighted by Crippen LogP contribution is 2.31. The minimum Gasteiger partial charge on any atom is -0.494 e. The predicted octanol–water partition coefficient (Wildman–Crippen LogP) is 1.21. The lowest BCUT2D eigenvalue weighted by atomic mass is 10.0. The number of nitrogens with two attached hydrogens (primary N) is 2. The Morgan fingerprint density at radius 2 is 2.03 bits per heavy atom. The van der Waals surface area contributed by atoms with Gasteiger partial charge in [0.1, 0.15) is 34.9 Å². The van der Waals surface area contributed by atoms with Gasteiger partial charge in [-0.3, -0.25) is 4.79 Å². The van der Waals surface area contributed by atoms with Gasteiger partial charge in [0.25, 0.3) is 5.91 Å². The molecule has 1 amide bonds. The van der Waals surface area contributed by atoms with Gasteiger partial charge in [-0.1, -0.05) is 0 Å². The number of halogens is 1. The summed E-state index contributed by atoms with van der Waals surface area (Å²) in [6, 6.07) is 3.68. The predicted molar refractivity (Wildman–Crippen MR) is 102 cm³/mol. The molecular formula is C18H17FN6O4. The van der Waals surface area contributed by atoms with Crippen molar-refractivity contribution in [3.8, 4) is 5.75 Å². The van der Waals surface area contributed by atoms with Crippen molar-refractivity contribution in [1.82, 2.24) is 15.0 Å².